The van der Waals surface area contributed by atoms with Crippen LogP contribution in [0.5, 0.6) is 5.75 Å². The number of nitrogens with zero attached hydrogens (tertiary/aromatic N) is 3. The number of guanidine groups is 1. The summed E-state index contributed by atoms with van der Waals surface area (Å²) in [5.74, 6) is 1.78. The first kappa shape index (κ1) is 17.6. The third kappa shape index (κ3) is 4.25. The lowest BCUT2D eigenvalue weighted by Gasteiger charge is -2.38. The number of rotatable bonds is 4. The van der Waals surface area contributed by atoms with Gasteiger partial charge < -0.3 is 20.2 Å². The fraction of sp³-hybridized carbons (Fsp3) is 0.421. The standard InChI is InChI=1S/C19H26N4OS/c1-15(18-8-5-13-25-18)14-21-19(20-2)23-11-9-22(10-12-23)16-6-3-4-7-17(16)24/h3-8,13,15,24H,9-12,14H2,1-2H3,(H,20,21). The number of hydrogen-bond donors (Lipinski definition) is 2. The van der Waals surface area contributed by atoms with E-state index in [-0.39, 0.29) is 0 Å². The molecule has 1 fully saturated rings. The van der Waals surface area contributed by atoms with Crippen LogP contribution < -0.4 is 10.2 Å². The van der Waals surface area contributed by atoms with Crippen LogP contribution in [-0.4, -0.2) is 55.7 Å². The van der Waals surface area contributed by atoms with Crippen molar-refractivity contribution in [2.45, 2.75) is 12.8 Å². The molecule has 5 nitrogen and oxygen atoms in total. The van der Waals surface area contributed by atoms with Crippen LogP contribution >= 0.6 is 11.3 Å². The van der Waals surface area contributed by atoms with Crippen LogP contribution in [0, 0.1) is 0 Å². The molecule has 1 saturated heterocycles. The SMILES string of the molecule is CN=C(NCC(C)c1cccs1)N1CCN(c2ccccc2O)CC1. The lowest BCUT2D eigenvalue weighted by atomic mass is 10.1. The van der Waals surface area contributed by atoms with E-state index < -0.39 is 0 Å². The number of benzene rings is 1. The minimum atomic E-state index is 0.350. The first-order valence-electron chi connectivity index (χ1n) is 8.71. The van der Waals surface area contributed by atoms with Gasteiger partial charge in [-0.05, 0) is 23.6 Å². The first-order valence-corrected chi connectivity index (χ1v) is 9.59. The third-order valence-electron chi connectivity index (χ3n) is 4.61. The summed E-state index contributed by atoms with van der Waals surface area (Å²) in [6, 6.07) is 11.8. The zero-order valence-corrected chi connectivity index (χ0v) is 15.7. The Labute approximate surface area is 153 Å². The molecule has 0 radical (unpaired) electrons. The highest BCUT2D eigenvalue weighted by molar-refractivity contribution is 7.10. The van der Waals surface area contributed by atoms with Crippen molar-refractivity contribution in [1.82, 2.24) is 10.2 Å². The van der Waals surface area contributed by atoms with Crippen LogP contribution in [0.3, 0.4) is 0 Å². The van der Waals surface area contributed by atoms with Crippen molar-refractivity contribution in [3.8, 4) is 5.75 Å². The molecule has 6 heteroatoms. The van der Waals surface area contributed by atoms with Gasteiger partial charge in [0, 0.05) is 50.6 Å². The summed E-state index contributed by atoms with van der Waals surface area (Å²) in [6.07, 6.45) is 0. The molecule has 0 saturated carbocycles. The van der Waals surface area contributed by atoms with Gasteiger partial charge >= 0.3 is 0 Å². The molecular weight excluding hydrogens is 332 g/mol. The maximum absolute atomic E-state index is 10.0. The molecule has 2 aromatic rings. The number of phenolic OH excluding ortho intramolecular Hbond substituents is 1. The number of aromatic hydroxyl groups is 1. The van der Waals surface area contributed by atoms with Gasteiger partial charge in [0.15, 0.2) is 5.96 Å². The zero-order valence-electron chi connectivity index (χ0n) is 14.9. The lowest BCUT2D eigenvalue weighted by Crippen LogP contribution is -2.53. The van der Waals surface area contributed by atoms with Crippen molar-refractivity contribution in [3.63, 3.8) is 0 Å². The maximum atomic E-state index is 10.0. The largest absolute Gasteiger partial charge is 0.506 e. The van der Waals surface area contributed by atoms with Gasteiger partial charge in [0.1, 0.15) is 5.75 Å². The van der Waals surface area contributed by atoms with Crippen LogP contribution in [0.15, 0.2) is 46.8 Å². The van der Waals surface area contributed by atoms with Crippen molar-refractivity contribution in [2.75, 3.05) is 44.7 Å². The molecule has 2 heterocycles. The quantitative estimate of drug-likeness (QED) is 0.652. The Kier molecular flexibility index (Phi) is 5.81. The zero-order chi connectivity index (χ0) is 17.6. The molecular formula is C19H26N4OS. The van der Waals surface area contributed by atoms with E-state index in [0.29, 0.717) is 11.7 Å². The molecule has 0 bridgehead atoms. The van der Waals surface area contributed by atoms with Crippen LogP contribution in [0.1, 0.15) is 17.7 Å². The summed E-state index contributed by atoms with van der Waals surface area (Å²) in [6.45, 7) is 6.65. The Morgan fingerprint density at radius 3 is 2.60 bits per heavy atom. The summed E-state index contributed by atoms with van der Waals surface area (Å²) < 4.78 is 0. The predicted octanol–water partition coefficient (Wildman–Crippen LogP) is 2.95. The lowest BCUT2D eigenvalue weighted by molar-refractivity contribution is 0.369. The molecule has 2 N–H and O–H groups in total. The van der Waals surface area contributed by atoms with Crippen molar-refractivity contribution in [3.05, 3.63) is 46.7 Å². The first-order chi connectivity index (χ1) is 12.2. The second-order valence-corrected chi connectivity index (χ2v) is 7.29. The Bertz CT molecular complexity index is 693. The van der Waals surface area contributed by atoms with Gasteiger partial charge in [-0.3, -0.25) is 4.99 Å². The molecule has 1 aliphatic heterocycles. The van der Waals surface area contributed by atoms with Gasteiger partial charge in [0.2, 0.25) is 0 Å². The summed E-state index contributed by atoms with van der Waals surface area (Å²) in [5, 5.41) is 15.7. The van der Waals surface area contributed by atoms with Crippen LogP contribution in [0.4, 0.5) is 5.69 Å². The molecule has 1 aromatic carbocycles. The average Bonchev–Trinajstić information content (AvgIpc) is 3.18. The van der Waals surface area contributed by atoms with Crippen molar-refractivity contribution < 1.29 is 5.11 Å². The van der Waals surface area contributed by atoms with Gasteiger partial charge in [-0.25, -0.2) is 0 Å². The minimum absolute atomic E-state index is 0.350. The number of piperazine rings is 1. The molecule has 1 unspecified atom stereocenters. The highest BCUT2D eigenvalue weighted by Crippen LogP contribution is 2.27. The van der Waals surface area contributed by atoms with E-state index in [1.54, 1.807) is 17.4 Å². The molecule has 0 aliphatic carbocycles. The van der Waals surface area contributed by atoms with E-state index in [2.05, 4.69) is 44.5 Å². The van der Waals surface area contributed by atoms with Crippen LogP contribution in [0.2, 0.25) is 0 Å². The Balaban J connectivity index is 1.53. The Morgan fingerprint density at radius 1 is 1.20 bits per heavy atom. The predicted molar refractivity (Wildman–Crippen MR) is 106 cm³/mol. The summed E-state index contributed by atoms with van der Waals surface area (Å²) >= 11 is 1.80. The number of para-hydroxylation sites is 2. The third-order valence-corrected chi connectivity index (χ3v) is 5.71. The molecule has 25 heavy (non-hydrogen) atoms. The molecule has 0 amide bonds. The van der Waals surface area contributed by atoms with Gasteiger partial charge in [-0.2, -0.15) is 0 Å². The Morgan fingerprint density at radius 2 is 1.96 bits per heavy atom. The number of anilines is 1. The van der Waals surface area contributed by atoms with E-state index in [1.165, 1.54) is 4.88 Å². The molecule has 1 atom stereocenters. The smallest absolute Gasteiger partial charge is 0.193 e. The summed E-state index contributed by atoms with van der Waals surface area (Å²) in [4.78, 5) is 10.4. The monoisotopic (exact) mass is 358 g/mol. The highest BCUT2D eigenvalue weighted by Gasteiger charge is 2.21. The average molecular weight is 359 g/mol. The number of nitrogens with one attached hydrogen (secondary N) is 1. The minimum Gasteiger partial charge on any atom is -0.506 e. The van der Waals surface area contributed by atoms with E-state index in [4.69, 9.17) is 0 Å². The van der Waals surface area contributed by atoms with Gasteiger partial charge in [-0.15, -0.1) is 11.3 Å². The highest BCUT2D eigenvalue weighted by atomic mass is 32.1. The molecule has 1 aliphatic rings. The number of aliphatic imine (C=N–C) groups is 1. The van der Waals surface area contributed by atoms with Gasteiger partial charge in [-0.1, -0.05) is 25.1 Å². The van der Waals surface area contributed by atoms with E-state index in [9.17, 15) is 5.11 Å². The molecule has 1 aromatic heterocycles. The second kappa shape index (κ2) is 8.25. The summed E-state index contributed by atoms with van der Waals surface area (Å²) in [5.41, 5.74) is 0.913. The van der Waals surface area contributed by atoms with E-state index in [0.717, 1.165) is 44.4 Å². The van der Waals surface area contributed by atoms with Crippen LogP contribution in [-0.2, 0) is 0 Å². The number of thiophene rings is 1. The van der Waals surface area contributed by atoms with Crippen LogP contribution in [0.25, 0.3) is 0 Å². The van der Waals surface area contributed by atoms with E-state index >= 15 is 0 Å². The fourth-order valence-corrected chi connectivity index (χ4v) is 3.93. The van der Waals surface area contributed by atoms with E-state index in [1.807, 2.05) is 25.2 Å². The fourth-order valence-electron chi connectivity index (χ4n) is 3.14. The van der Waals surface area contributed by atoms with Crippen molar-refractivity contribution in [2.24, 2.45) is 4.99 Å². The number of phenols is 1. The van der Waals surface area contributed by atoms with Gasteiger partial charge in [0.25, 0.3) is 0 Å². The Hall–Kier alpha value is -2.21. The topological polar surface area (TPSA) is 51.1 Å². The number of hydrogen-bond acceptors (Lipinski definition) is 4. The van der Waals surface area contributed by atoms with Gasteiger partial charge in [0.05, 0.1) is 5.69 Å². The molecule has 0 spiro atoms. The molecule has 3 rings (SSSR count). The van der Waals surface area contributed by atoms with Crippen molar-refractivity contribution in [1.29, 1.82) is 0 Å². The molecule has 134 valence electrons. The maximum Gasteiger partial charge on any atom is 0.193 e. The second-order valence-electron chi connectivity index (χ2n) is 6.31. The summed E-state index contributed by atoms with van der Waals surface area (Å²) in [7, 11) is 1.84. The van der Waals surface area contributed by atoms with Crippen molar-refractivity contribution >= 4 is 23.0 Å². The normalized spacial score (nSPS) is 16.8.